The number of nitrogens with zero attached hydrogens (tertiary/aromatic N) is 4. The smallest absolute Gasteiger partial charge is 0.275 e. The Bertz CT molecular complexity index is 1290. The van der Waals surface area contributed by atoms with E-state index < -0.39 is 0 Å². The van der Waals surface area contributed by atoms with Crippen molar-refractivity contribution in [2.45, 2.75) is 26.4 Å². The van der Waals surface area contributed by atoms with Crippen LogP contribution in [0.1, 0.15) is 24.6 Å². The fourth-order valence-corrected chi connectivity index (χ4v) is 4.81. The summed E-state index contributed by atoms with van der Waals surface area (Å²) in [7, 11) is 4.80. The molecule has 0 amide bonds. The number of rotatable bonds is 10. The van der Waals surface area contributed by atoms with Crippen molar-refractivity contribution in [2.75, 3.05) is 27.9 Å². The van der Waals surface area contributed by atoms with Gasteiger partial charge in [-0.1, -0.05) is 48.6 Å². The van der Waals surface area contributed by atoms with Gasteiger partial charge < -0.3 is 14.2 Å². The minimum Gasteiger partial charge on any atom is -0.493 e. The van der Waals surface area contributed by atoms with Gasteiger partial charge in [-0.05, 0) is 30.7 Å². The van der Waals surface area contributed by atoms with Gasteiger partial charge in [-0.3, -0.25) is 9.69 Å². The molecule has 2 heterocycles. The van der Waals surface area contributed by atoms with Crippen LogP contribution in [0.25, 0.3) is 15.5 Å². The Morgan fingerprint density at radius 1 is 0.971 bits per heavy atom. The minimum absolute atomic E-state index is 0.178. The molecule has 0 aliphatic carbocycles. The van der Waals surface area contributed by atoms with Crippen LogP contribution >= 0.6 is 11.3 Å². The standard InChI is InChI=1S/C25H28N4O4S/c1-5-11-28(15-17-12-20(31-2)23(33-4)21(13-17)32-3)16-19-14-22(30)29-25(26-19)34-24(27-29)18-9-7-6-8-10-18/h6-10,12-14H,5,11,15-16H2,1-4H3. The summed E-state index contributed by atoms with van der Waals surface area (Å²) in [5, 5.41) is 5.24. The highest BCUT2D eigenvalue weighted by molar-refractivity contribution is 7.19. The topological polar surface area (TPSA) is 78.2 Å². The van der Waals surface area contributed by atoms with Crippen molar-refractivity contribution < 1.29 is 14.2 Å². The third-order valence-electron chi connectivity index (χ3n) is 5.37. The predicted octanol–water partition coefficient (Wildman–Crippen LogP) is 4.26. The van der Waals surface area contributed by atoms with E-state index in [1.54, 1.807) is 27.4 Å². The molecule has 9 heteroatoms. The first-order valence-electron chi connectivity index (χ1n) is 11.0. The number of ether oxygens (including phenoxy) is 3. The lowest BCUT2D eigenvalue weighted by atomic mass is 10.1. The van der Waals surface area contributed by atoms with Crippen molar-refractivity contribution in [1.29, 1.82) is 0 Å². The first-order valence-corrected chi connectivity index (χ1v) is 11.8. The van der Waals surface area contributed by atoms with Gasteiger partial charge in [-0.25, -0.2) is 4.98 Å². The van der Waals surface area contributed by atoms with Crippen molar-refractivity contribution in [3.05, 3.63) is 70.1 Å². The highest BCUT2D eigenvalue weighted by atomic mass is 32.1. The van der Waals surface area contributed by atoms with E-state index in [1.165, 1.54) is 15.9 Å². The molecule has 0 atom stereocenters. The number of hydrogen-bond acceptors (Lipinski definition) is 8. The maximum Gasteiger partial charge on any atom is 0.275 e. The highest BCUT2D eigenvalue weighted by Gasteiger charge is 2.17. The predicted molar refractivity (Wildman–Crippen MR) is 133 cm³/mol. The third-order valence-corrected chi connectivity index (χ3v) is 6.33. The molecule has 34 heavy (non-hydrogen) atoms. The van der Waals surface area contributed by atoms with E-state index >= 15 is 0 Å². The fraction of sp³-hybridized carbons (Fsp3) is 0.320. The van der Waals surface area contributed by atoms with Crippen LogP contribution < -0.4 is 19.8 Å². The Morgan fingerprint density at radius 3 is 2.29 bits per heavy atom. The normalized spacial score (nSPS) is 11.2. The molecule has 0 saturated heterocycles. The second kappa shape index (κ2) is 10.7. The molecule has 0 unspecified atom stereocenters. The van der Waals surface area contributed by atoms with Crippen LogP contribution in [-0.4, -0.2) is 47.4 Å². The van der Waals surface area contributed by atoms with Gasteiger partial charge in [0.25, 0.3) is 5.56 Å². The monoisotopic (exact) mass is 480 g/mol. The van der Waals surface area contributed by atoms with Crippen LogP contribution in [0.5, 0.6) is 17.2 Å². The molecule has 2 aromatic heterocycles. The zero-order valence-corrected chi connectivity index (χ0v) is 20.6. The third kappa shape index (κ3) is 5.05. The van der Waals surface area contributed by atoms with Crippen molar-refractivity contribution in [3.63, 3.8) is 0 Å². The lowest BCUT2D eigenvalue weighted by Crippen LogP contribution is -2.26. The Labute approximate surface area is 202 Å². The molecule has 0 bridgehead atoms. The highest BCUT2D eigenvalue weighted by Crippen LogP contribution is 2.38. The molecule has 0 radical (unpaired) electrons. The van der Waals surface area contributed by atoms with Crippen molar-refractivity contribution >= 4 is 16.3 Å². The first-order chi connectivity index (χ1) is 16.6. The molecule has 2 aromatic carbocycles. The van der Waals surface area contributed by atoms with Gasteiger partial charge in [0.1, 0.15) is 5.01 Å². The lowest BCUT2D eigenvalue weighted by Gasteiger charge is -2.22. The molecule has 0 spiro atoms. The Hall–Kier alpha value is -3.43. The number of aromatic nitrogens is 3. The number of methoxy groups -OCH3 is 3. The molecular weight excluding hydrogens is 452 g/mol. The molecule has 0 fully saturated rings. The zero-order valence-electron chi connectivity index (χ0n) is 19.8. The summed E-state index contributed by atoms with van der Waals surface area (Å²) in [5.41, 5.74) is 2.52. The lowest BCUT2D eigenvalue weighted by molar-refractivity contribution is 0.252. The molecular formula is C25H28N4O4S. The van der Waals surface area contributed by atoms with E-state index in [4.69, 9.17) is 19.2 Å². The molecule has 0 N–H and O–H groups in total. The quantitative estimate of drug-likeness (QED) is 0.336. The van der Waals surface area contributed by atoms with Crippen LogP contribution in [0.2, 0.25) is 0 Å². The molecule has 0 aliphatic heterocycles. The van der Waals surface area contributed by atoms with Crippen LogP contribution in [-0.2, 0) is 13.1 Å². The summed E-state index contributed by atoms with van der Waals surface area (Å²) in [6, 6.07) is 15.3. The van der Waals surface area contributed by atoms with Gasteiger partial charge in [0.15, 0.2) is 11.5 Å². The average molecular weight is 481 g/mol. The number of benzene rings is 2. The van der Waals surface area contributed by atoms with E-state index in [0.717, 1.165) is 29.1 Å². The summed E-state index contributed by atoms with van der Waals surface area (Å²) < 4.78 is 17.8. The summed E-state index contributed by atoms with van der Waals surface area (Å²) >= 11 is 1.41. The molecule has 8 nitrogen and oxygen atoms in total. The number of fused-ring (bicyclic) bond motifs is 1. The van der Waals surface area contributed by atoms with E-state index in [0.29, 0.717) is 41.0 Å². The van der Waals surface area contributed by atoms with Crippen LogP contribution in [0.3, 0.4) is 0 Å². The summed E-state index contributed by atoms with van der Waals surface area (Å²) in [6.07, 6.45) is 0.963. The Balaban J connectivity index is 1.61. The first kappa shape index (κ1) is 23.7. The minimum atomic E-state index is -0.178. The second-order valence-electron chi connectivity index (χ2n) is 7.80. The van der Waals surface area contributed by atoms with Crippen molar-refractivity contribution in [1.82, 2.24) is 19.5 Å². The van der Waals surface area contributed by atoms with Crippen molar-refractivity contribution in [3.8, 4) is 27.8 Å². The number of hydrogen-bond donors (Lipinski definition) is 0. The zero-order chi connectivity index (χ0) is 24.1. The Morgan fingerprint density at radius 2 is 1.68 bits per heavy atom. The SMILES string of the molecule is CCCN(Cc1cc(OC)c(OC)c(OC)c1)Cc1cc(=O)n2nc(-c3ccccc3)sc2n1. The van der Waals surface area contributed by atoms with E-state index in [9.17, 15) is 4.79 Å². The van der Waals surface area contributed by atoms with Crippen molar-refractivity contribution in [2.24, 2.45) is 0 Å². The molecule has 4 rings (SSSR count). The summed E-state index contributed by atoms with van der Waals surface area (Å²) in [4.78, 5) is 20.4. The van der Waals surface area contributed by atoms with Gasteiger partial charge in [0.05, 0.1) is 27.0 Å². The summed E-state index contributed by atoms with van der Waals surface area (Å²) in [5.74, 6) is 1.80. The van der Waals surface area contributed by atoms with E-state index in [-0.39, 0.29) is 5.56 Å². The fourth-order valence-electron chi connectivity index (χ4n) is 3.88. The second-order valence-corrected chi connectivity index (χ2v) is 8.75. The van der Waals surface area contributed by atoms with Gasteiger partial charge in [0, 0.05) is 24.7 Å². The Kier molecular flexibility index (Phi) is 7.44. The maximum absolute atomic E-state index is 12.8. The van der Waals surface area contributed by atoms with Gasteiger partial charge in [-0.15, -0.1) is 0 Å². The van der Waals surface area contributed by atoms with E-state index in [2.05, 4.69) is 16.9 Å². The average Bonchev–Trinajstić information content (AvgIpc) is 3.29. The van der Waals surface area contributed by atoms with Gasteiger partial charge in [0.2, 0.25) is 10.7 Å². The molecule has 0 saturated carbocycles. The summed E-state index contributed by atoms with van der Waals surface area (Å²) in [6.45, 7) is 4.15. The van der Waals surface area contributed by atoms with Gasteiger partial charge >= 0.3 is 0 Å². The largest absolute Gasteiger partial charge is 0.493 e. The van der Waals surface area contributed by atoms with Crippen LogP contribution in [0, 0.1) is 0 Å². The maximum atomic E-state index is 12.8. The molecule has 178 valence electrons. The van der Waals surface area contributed by atoms with Crippen LogP contribution in [0.15, 0.2) is 53.3 Å². The molecule has 4 aromatic rings. The molecule has 0 aliphatic rings. The van der Waals surface area contributed by atoms with Crippen LogP contribution in [0.4, 0.5) is 0 Å². The van der Waals surface area contributed by atoms with E-state index in [1.807, 2.05) is 42.5 Å². The van der Waals surface area contributed by atoms with Gasteiger partial charge in [-0.2, -0.15) is 9.61 Å².